The lowest BCUT2D eigenvalue weighted by molar-refractivity contribution is 0.517. The minimum atomic E-state index is 0.0526. The monoisotopic (exact) mass is 322 g/mol. The maximum absolute atomic E-state index is 5.30. The van der Waals surface area contributed by atoms with Gasteiger partial charge in [0.2, 0.25) is 5.95 Å². The van der Waals surface area contributed by atoms with E-state index in [0.29, 0.717) is 12.5 Å². The Hall–Kier alpha value is -2.82. The van der Waals surface area contributed by atoms with Gasteiger partial charge in [0, 0.05) is 11.9 Å². The molecule has 24 heavy (non-hydrogen) atoms. The normalized spacial score (nSPS) is 11.3. The molecule has 5 nitrogen and oxygen atoms in total. The minimum absolute atomic E-state index is 0.0526. The van der Waals surface area contributed by atoms with E-state index < -0.39 is 0 Å². The van der Waals surface area contributed by atoms with Gasteiger partial charge in [-0.3, -0.25) is 0 Å². The molecule has 5 heteroatoms. The van der Waals surface area contributed by atoms with Crippen LogP contribution in [0.3, 0.4) is 0 Å². The van der Waals surface area contributed by atoms with Crippen LogP contribution < -0.4 is 10.6 Å². The Morgan fingerprint density at radius 1 is 1.04 bits per heavy atom. The van der Waals surface area contributed by atoms with E-state index in [1.54, 1.807) is 12.5 Å². The molecule has 0 amide bonds. The lowest BCUT2D eigenvalue weighted by Crippen LogP contribution is -2.14. The molecule has 0 unspecified atom stereocenters. The van der Waals surface area contributed by atoms with Crippen molar-refractivity contribution in [2.45, 2.75) is 32.7 Å². The Kier molecular flexibility index (Phi) is 4.51. The third kappa shape index (κ3) is 3.93. The Morgan fingerprint density at radius 2 is 1.88 bits per heavy atom. The number of anilines is 3. The molecule has 0 radical (unpaired) electrons. The van der Waals surface area contributed by atoms with E-state index in [1.165, 1.54) is 5.56 Å². The fourth-order valence-corrected chi connectivity index (χ4v) is 2.48. The average molecular weight is 322 g/mol. The fourth-order valence-electron chi connectivity index (χ4n) is 2.48. The van der Waals surface area contributed by atoms with Gasteiger partial charge in [-0.15, -0.1) is 0 Å². The smallest absolute Gasteiger partial charge is 0.224 e. The molecule has 0 atom stereocenters. The maximum Gasteiger partial charge on any atom is 0.224 e. The van der Waals surface area contributed by atoms with Crippen molar-refractivity contribution in [3.63, 3.8) is 0 Å². The molecule has 0 aliphatic rings. The predicted octanol–water partition coefficient (Wildman–Crippen LogP) is 4.72. The molecule has 0 fully saturated rings. The first kappa shape index (κ1) is 16.1. The molecule has 0 aliphatic heterocycles. The zero-order valence-electron chi connectivity index (χ0n) is 14.2. The molecule has 3 aromatic rings. The highest BCUT2D eigenvalue weighted by Crippen LogP contribution is 2.30. The number of benzene rings is 1. The van der Waals surface area contributed by atoms with Crippen LogP contribution in [0.25, 0.3) is 0 Å². The molecule has 2 aromatic heterocycles. The number of rotatable bonds is 5. The van der Waals surface area contributed by atoms with Crippen molar-refractivity contribution >= 4 is 17.5 Å². The van der Waals surface area contributed by atoms with E-state index in [0.717, 1.165) is 17.3 Å². The summed E-state index contributed by atoms with van der Waals surface area (Å²) in [6, 6.07) is 13.9. The molecule has 0 spiro atoms. The van der Waals surface area contributed by atoms with Gasteiger partial charge in [0.05, 0.1) is 12.8 Å². The van der Waals surface area contributed by atoms with E-state index in [4.69, 9.17) is 4.42 Å². The third-order valence-corrected chi connectivity index (χ3v) is 3.65. The molecule has 1 aromatic carbocycles. The summed E-state index contributed by atoms with van der Waals surface area (Å²) in [5.41, 5.74) is 2.35. The van der Waals surface area contributed by atoms with Gasteiger partial charge >= 0.3 is 0 Å². The summed E-state index contributed by atoms with van der Waals surface area (Å²) >= 11 is 0. The summed E-state index contributed by atoms with van der Waals surface area (Å²) in [5.74, 6) is 2.16. The van der Waals surface area contributed by atoms with Crippen LogP contribution >= 0.6 is 0 Å². The number of para-hydroxylation sites is 1. The van der Waals surface area contributed by atoms with Crippen molar-refractivity contribution in [3.8, 4) is 0 Å². The van der Waals surface area contributed by atoms with Gasteiger partial charge in [0.1, 0.15) is 11.6 Å². The lowest BCUT2D eigenvalue weighted by Gasteiger charge is -2.23. The number of furan rings is 1. The molecule has 0 saturated carbocycles. The summed E-state index contributed by atoms with van der Waals surface area (Å²) < 4.78 is 5.30. The van der Waals surface area contributed by atoms with E-state index in [2.05, 4.69) is 59.6 Å². The summed E-state index contributed by atoms with van der Waals surface area (Å²) in [5, 5.41) is 6.56. The highest BCUT2D eigenvalue weighted by atomic mass is 16.3. The van der Waals surface area contributed by atoms with E-state index in [-0.39, 0.29) is 5.41 Å². The van der Waals surface area contributed by atoms with Crippen LogP contribution in [0.4, 0.5) is 17.5 Å². The summed E-state index contributed by atoms with van der Waals surface area (Å²) in [6.07, 6.45) is 3.39. The molecule has 124 valence electrons. The Balaban J connectivity index is 1.75. The molecule has 0 bridgehead atoms. The highest BCUT2D eigenvalue weighted by Gasteiger charge is 2.17. The van der Waals surface area contributed by atoms with Crippen LogP contribution in [-0.4, -0.2) is 9.97 Å². The summed E-state index contributed by atoms with van der Waals surface area (Å²) in [4.78, 5) is 8.76. The van der Waals surface area contributed by atoms with Gasteiger partial charge in [-0.2, -0.15) is 4.98 Å². The van der Waals surface area contributed by atoms with Gasteiger partial charge in [0.15, 0.2) is 0 Å². The predicted molar refractivity (Wildman–Crippen MR) is 96.5 cm³/mol. The quantitative estimate of drug-likeness (QED) is 0.711. The minimum Gasteiger partial charge on any atom is -0.467 e. The fraction of sp³-hybridized carbons (Fsp3) is 0.263. The van der Waals surface area contributed by atoms with Crippen molar-refractivity contribution < 1.29 is 4.42 Å². The first-order valence-corrected chi connectivity index (χ1v) is 7.98. The van der Waals surface area contributed by atoms with Crippen molar-refractivity contribution in [3.05, 3.63) is 66.2 Å². The van der Waals surface area contributed by atoms with Gasteiger partial charge in [-0.25, -0.2) is 4.98 Å². The lowest BCUT2D eigenvalue weighted by atomic mass is 9.86. The third-order valence-electron chi connectivity index (χ3n) is 3.65. The molecular formula is C19H22N4O. The van der Waals surface area contributed by atoms with Crippen LogP contribution in [0.1, 0.15) is 32.1 Å². The van der Waals surface area contributed by atoms with Crippen LogP contribution in [-0.2, 0) is 12.0 Å². The van der Waals surface area contributed by atoms with Crippen LogP contribution in [0.2, 0.25) is 0 Å². The molecule has 3 rings (SSSR count). The second kappa shape index (κ2) is 6.74. The number of hydrogen-bond acceptors (Lipinski definition) is 5. The number of hydrogen-bond donors (Lipinski definition) is 2. The van der Waals surface area contributed by atoms with E-state index >= 15 is 0 Å². The topological polar surface area (TPSA) is 63.0 Å². The summed E-state index contributed by atoms with van der Waals surface area (Å²) in [7, 11) is 0. The van der Waals surface area contributed by atoms with Gasteiger partial charge in [-0.05, 0) is 35.2 Å². The number of nitrogens with one attached hydrogen (secondary N) is 2. The standard InChI is InChI=1S/C19H22N4O/c1-19(2,3)15-8-4-5-9-16(15)22-17-10-11-20-18(23-17)21-13-14-7-6-12-24-14/h4-12H,13H2,1-3H3,(H2,20,21,22,23). The molecule has 0 saturated heterocycles. The molecule has 2 heterocycles. The van der Waals surface area contributed by atoms with E-state index in [1.807, 2.05) is 24.3 Å². The summed E-state index contributed by atoms with van der Waals surface area (Å²) in [6.45, 7) is 7.15. The average Bonchev–Trinajstić information content (AvgIpc) is 3.06. The SMILES string of the molecule is CC(C)(C)c1ccccc1Nc1ccnc(NCc2ccco2)n1. The first-order valence-electron chi connectivity index (χ1n) is 7.98. The number of nitrogens with zero attached hydrogens (tertiary/aromatic N) is 2. The molecule has 2 N–H and O–H groups in total. The molecular weight excluding hydrogens is 300 g/mol. The van der Waals surface area contributed by atoms with Gasteiger partial charge in [0.25, 0.3) is 0 Å². The van der Waals surface area contributed by atoms with E-state index in [9.17, 15) is 0 Å². The van der Waals surface area contributed by atoms with Gasteiger partial charge in [-0.1, -0.05) is 39.0 Å². The molecule has 0 aliphatic carbocycles. The maximum atomic E-state index is 5.30. The largest absolute Gasteiger partial charge is 0.467 e. The second-order valence-corrected chi connectivity index (χ2v) is 6.62. The second-order valence-electron chi connectivity index (χ2n) is 6.62. The van der Waals surface area contributed by atoms with Crippen molar-refractivity contribution in [1.29, 1.82) is 0 Å². The zero-order chi connectivity index (χ0) is 17.0. The van der Waals surface area contributed by atoms with Crippen LogP contribution in [0.15, 0.2) is 59.3 Å². The van der Waals surface area contributed by atoms with Crippen LogP contribution in [0.5, 0.6) is 0 Å². The van der Waals surface area contributed by atoms with Crippen molar-refractivity contribution in [2.24, 2.45) is 0 Å². The number of aromatic nitrogens is 2. The zero-order valence-corrected chi connectivity index (χ0v) is 14.2. The van der Waals surface area contributed by atoms with Crippen LogP contribution in [0, 0.1) is 0 Å². The van der Waals surface area contributed by atoms with Crippen molar-refractivity contribution in [2.75, 3.05) is 10.6 Å². The first-order chi connectivity index (χ1) is 11.5. The Labute approximate surface area is 142 Å². The Bertz CT molecular complexity index is 791. The van der Waals surface area contributed by atoms with Crippen molar-refractivity contribution in [1.82, 2.24) is 9.97 Å². The highest BCUT2D eigenvalue weighted by molar-refractivity contribution is 5.62. The Morgan fingerprint density at radius 3 is 2.62 bits per heavy atom. The van der Waals surface area contributed by atoms with Gasteiger partial charge < -0.3 is 15.1 Å².